The maximum absolute atomic E-state index is 10.6. The Morgan fingerprint density at radius 3 is 2.17 bits per heavy atom. The Morgan fingerprint density at radius 1 is 1.33 bits per heavy atom. The second-order valence-electron chi connectivity index (χ2n) is 1.61. The van der Waals surface area contributed by atoms with Crippen LogP contribution >= 0.6 is 20.8 Å². The Hall–Kier alpha value is -0.0800. The van der Waals surface area contributed by atoms with E-state index in [-0.39, 0.29) is 6.08 Å². The summed E-state index contributed by atoms with van der Waals surface area (Å²) in [6.45, 7) is 0. The topological polar surface area (TPSA) is 65.0 Å². The summed E-state index contributed by atoms with van der Waals surface area (Å²) in [5, 5.41) is 0. The Labute approximate surface area is 78.8 Å². The van der Waals surface area contributed by atoms with Crippen molar-refractivity contribution in [1.29, 1.82) is 0 Å². The van der Waals surface area contributed by atoms with Crippen molar-refractivity contribution in [3.8, 4) is 0 Å². The molecule has 0 bridgehead atoms. The molecule has 0 spiro atoms. The van der Waals surface area contributed by atoms with Crippen molar-refractivity contribution in [3.05, 3.63) is 0 Å². The first-order valence-corrected chi connectivity index (χ1v) is 7.22. The average Bonchev–Trinajstić information content (AvgIpc) is 1.96. The Balaban J connectivity index is 3.89. The van der Waals surface area contributed by atoms with Crippen LogP contribution in [-0.2, 0) is 18.3 Å². The van der Waals surface area contributed by atoms with E-state index in [9.17, 15) is 8.42 Å². The van der Waals surface area contributed by atoms with Gasteiger partial charge >= 0.3 is 6.08 Å². The van der Waals surface area contributed by atoms with Crippen LogP contribution in [0.4, 0.5) is 0 Å². The van der Waals surface area contributed by atoms with Crippen LogP contribution in [0.15, 0.2) is 4.40 Å². The predicted octanol–water partition coefficient (Wildman–Crippen LogP) is 0.891. The van der Waals surface area contributed by atoms with E-state index in [0.29, 0.717) is 9.83 Å². The van der Waals surface area contributed by atoms with Gasteiger partial charge in [-0.3, -0.25) is 0 Å². The highest BCUT2D eigenvalue weighted by Crippen LogP contribution is 2.27. The molecule has 0 saturated heterocycles. The largest absolute Gasteiger partial charge is 0.453 e. The zero-order valence-electron chi connectivity index (χ0n) is 6.80. The Morgan fingerprint density at radius 2 is 1.83 bits per heavy atom. The molecule has 0 saturated carbocycles. The fraction of sp³-hybridized carbons (Fsp3) is 0.750. The van der Waals surface area contributed by atoms with Gasteiger partial charge in [-0.2, -0.15) is 0 Å². The third kappa shape index (κ3) is 6.62. The number of hydrogen-bond acceptors (Lipinski definition) is 7. The molecule has 0 unspecified atom stereocenters. The third-order valence-electron chi connectivity index (χ3n) is 0.615. The summed E-state index contributed by atoms with van der Waals surface area (Å²) in [4.78, 5) is 0. The second-order valence-corrected chi connectivity index (χ2v) is 7.38. The van der Waals surface area contributed by atoms with Gasteiger partial charge < -0.3 is 9.47 Å². The minimum atomic E-state index is -3.07. The van der Waals surface area contributed by atoms with E-state index < -0.39 is 8.87 Å². The summed E-state index contributed by atoms with van der Waals surface area (Å²) in [7, 11) is 1.11. The molecule has 0 aliphatic heterocycles. The molecule has 0 atom stereocenters. The molecule has 0 heterocycles. The molecular weight excluding hydrogens is 222 g/mol. The molecule has 5 nitrogen and oxygen atoms in total. The van der Waals surface area contributed by atoms with E-state index in [4.69, 9.17) is 0 Å². The molecule has 0 amide bonds. The molecule has 72 valence electrons. The van der Waals surface area contributed by atoms with Crippen LogP contribution in [0.5, 0.6) is 0 Å². The van der Waals surface area contributed by atoms with Gasteiger partial charge in [-0.25, -0.2) is 8.42 Å². The number of rotatable bonds is 3. The standard InChI is InChI=1S/C4H9NO4S3/c1-8-4(9-2)5-10-11-12(3,6)7/h1-3H3. The Bertz CT molecular complexity index is 241. The Kier molecular flexibility index (Phi) is 5.51. The zero-order valence-corrected chi connectivity index (χ0v) is 9.25. The fourth-order valence-electron chi connectivity index (χ4n) is 0.259. The third-order valence-corrected chi connectivity index (χ3v) is 5.07. The van der Waals surface area contributed by atoms with E-state index >= 15 is 0 Å². The highest BCUT2D eigenvalue weighted by atomic mass is 33.5. The first-order valence-electron chi connectivity index (χ1n) is 2.71. The quantitative estimate of drug-likeness (QED) is 0.311. The number of hydrogen-bond donors (Lipinski definition) is 0. The van der Waals surface area contributed by atoms with Crippen molar-refractivity contribution < 1.29 is 17.9 Å². The lowest BCUT2D eigenvalue weighted by Crippen LogP contribution is -2.01. The predicted molar refractivity (Wildman–Crippen MR) is 51.5 cm³/mol. The lowest BCUT2D eigenvalue weighted by molar-refractivity contribution is 0.245. The van der Waals surface area contributed by atoms with Crippen LogP contribution in [0.2, 0.25) is 0 Å². The second kappa shape index (κ2) is 5.55. The van der Waals surface area contributed by atoms with Crippen molar-refractivity contribution in [3.63, 3.8) is 0 Å². The summed E-state index contributed by atoms with van der Waals surface area (Å²) in [6, 6.07) is 0. The lowest BCUT2D eigenvalue weighted by Gasteiger charge is -1.99. The molecular formula is C4H9NO4S3. The summed E-state index contributed by atoms with van der Waals surface area (Å²) >= 11 is 0. The van der Waals surface area contributed by atoms with Crippen LogP contribution in [0.1, 0.15) is 0 Å². The van der Waals surface area contributed by atoms with E-state index in [2.05, 4.69) is 13.9 Å². The van der Waals surface area contributed by atoms with Gasteiger partial charge in [-0.15, -0.1) is 4.40 Å². The summed E-state index contributed by atoms with van der Waals surface area (Å²) in [5.74, 6) is 0. The molecule has 8 heteroatoms. The van der Waals surface area contributed by atoms with Crippen molar-refractivity contribution in [2.75, 3.05) is 20.5 Å². The van der Waals surface area contributed by atoms with Crippen LogP contribution in [0.3, 0.4) is 0 Å². The molecule has 0 aromatic carbocycles. The van der Waals surface area contributed by atoms with E-state index in [0.717, 1.165) is 17.2 Å². The normalized spacial score (nSPS) is 10.6. The molecule has 0 aromatic rings. The molecule has 0 aliphatic carbocycles. The molecule has 12 heavy (non-hydrogen) atoms. The van der Waals surface area contributed by atoms with E-state index in [1.165, 1.54) is 14.2 Å². The first-order chi connectivity index (χ1) is 5.49. The van der Waals surface area contributed by atoms with Crippen molar-refractivity contribution in [1.82, 2.24) is 0 Å². The summed E-state index contributed by atoms with van der Waals surface area (Å²) in [6.07, 6.45) is 1.13. The zero-order chi connectivity index (χ0) is 9.61. The van der Waals surface area contributed by atoms with Crippen LogP contribution in [-0.4, -0.2) is 35.0 Å². The van der Waals surface area contributed by atoms with Crippen molar-refractivity contribution in [2.45, 2.75) is 0 Å². The molecule has 0 aromatic heterocycles. The van der Waals surface area contributed by atoms with E-state index in [1.54, 1.807) is 0 Å². The molecule has 0 rings (SSSR count). The van der Waals surface area contributed by atoms with Crippen LogP contribution in [0, 0.1) is 0 Å². The summed E-state index contributed by atoms with van der Waals surface area (Å²) < 4.78 is 34.0. The van der Waals surface area contributed by atoms with Crippen LogP contribution < -0.4 is 0 Å². The number of ether oxygens (including phenoxy) is 2. The van der Waals surface area contributed by atoms with Crippen molar-refractivity contribution in [2.24, 2.45) is 4.40 Å². The SMILES string of the molecule is COC(=NSSS(C)(=O)=O)OC. The molecule has 0 fully saturated rings. The van der Waals surface area contributed by atoms with Gasteiger partial charge in [0.15, 0.2) is 0 Å². The van der Waals surface area contributed by atoms with Crippen LogP contribution in [0.25, 0.3) is 0 Å². The van der Waals surface area contributed by atoms with Gasteiger partial charge in [0.1, 0.15) is 0 Å². The highest BCUT2D eigenvalue weighted by Gasteiger charge is 2.04. The maximum atomic E-state index is 10.6. The lowest BCUT2D eigenvalue weighted by atomic mass is 11.2. The molecule has 0 radical (unpaired) electrons. The van der Waals surface area contributed by atoms with Gasteiger partial charge in [0.2, 0.25) is 8.87 Å². The van der Waals surface area contributed by atoms with Gasteiger partial charge in [-0.05, 0) is 0 Å². The minimum absolute atomic E-state index is 0.0381. The van der Waals surface area contributed by atoms with Gasteiger partial charge in [0.25, 0.3) is 0 Å². The smallest absolute Gasteiger partial charge is 0.395 e. The molecule has 0 N–H and O–H groups in total. The van der Waals surface area contributed by atoms with Crippen molar-refractivity contribution >= 4 is 35.8 Å². The van der Waals surface area contributed by atoms with Gasteiger partial charge in [-0.1, -0.05) is 0 Å². The number of nitrogens with zero attached hydrogens (tertiary/aromatic N) is 1. The monoisotopic (exact) mass is 231 g/mol. The minimum Gasteiger partial charge on any atom is -0.453 e. The van der Waals surface area contributed by atoms with Gasteiger partial charge in [0.05, 0.1) is 35.0 Å². The summed E-state index contributed by atoms with van der Waals surface area (Å²) in [5.41, 5.74) is 0. The molecule has 0 aliphatic rings. The average molecular weight is 231 g/mol. The maximum Gasteiger partial charge on any atom is 0.395 e. The first kappa shape index (κ1) is 11.9. The highest BCUT2D eigenvalue weighted by molar-refractivity contribution is 9.06. The number of methoxy groups -OCH3 is 2. The fourth-order valence-corrected chi connectivity index (χ4v) is 2.48. The van der Waals surface area contributed by atoms with E-state index in [1.807, 2.05) is 0 Å². The van der Waals surface area contributed by atoms with Gasteiger partial charge in [0, 0.05) is 6.26 Å².